The van der Waals surface area contributed by atoms with Gasteiger partial charge in [-0.25, -0.2) is 4.79 Å². The van der Waals surface area contributed by atoms with E-state index in [0.29, 0.717) is 13.1 Å². The van der Waals surface area contributed by atoms with Crippen molar-refractivity contribution in [3.8, 4) is 0 Å². The fourth-order valence-corrected chi connectivity index (χ4v) is 5.74. The lowest BCUT2D eigenvalue weighted by molar-refractivity contribution is 0.0270. The van der Waals surface area contributed by atoms with Crippen LogP contribution in [-0.2, 0) is 17.6 Å². The number of rotatable bonds is 4. The highest BCUT2D eigenvalue weighted by Crippen LogP contribution is 2.36. The largest absolute Gasteiger partial charge is 0.444 e. The normalized spacial score (nSPS) is 16.0. The van der Waals surface area contributed by atoms with Crippen LogP contribution < -0.4 is 4.72 Å². The van der Waals surface area contributed by atoms with Crippen LogP contribution in [0.5, 0.6) is 0 Å². The maximum atomic E-state index is 12.4. The summed E-state index contributed by atoms with van der Waals surface area (Å²) in [4.78, 5) is 15.4. The van der Waals surface area contributed by atoms with Gasteiger partial charge in [-0.1, -0.05) is 42.5 Å². The Morgan fingerprint density at radius 2 is 1.71 bits per heavy atom. The van der Waals surface area contributed by atoms with E-state index in [-0.39, 0.29) is 6.09 Å². The number of nitrogens with one attached hydrogen (secondary N) is 1. The van der Waals surface area contributed by atoms with Crippen molar-refractivity contribution in [3.05, 3.63) is 77.4 Å². The van der Waals surface area contributed by atoms with Gasteiger partial charge in [0.15, 0.2) is 0 Å². The Morgan fingerprint density at radius 1 is 0.943 bits per heavy atom. The number of hydrogen-bond acceptors (Lipinski definition) is 4. The van der Waals surface area contributed by atoms with Crippen LogP contribution in [0.15, 0.2) is 65.6 Å². The van der Waals surface area contributed by atoms with Gasteiger partial charge in [-0.3, -0.25) is 0 Å². The van der Waals surface area contributed by atoms with Crippen LogP contribution in [-0.4, -0.2) is 29.7 Å². The van der Waals surface area contributed by atoms with Crippen molar-refractivity contribution in [2.45, 2.75) is 63.4 Å². The summed E-state index contributed by atoms with van der Waals surface area (Å²) in [7, 11) is 0. The molecule has 3 aromatic rings. The minimum Gasteiger partial charge on any atom is -0.444 e. The third-order valence-electron chi connectivity index (χ3n) is 6.72. The van der Waals surface area contributed by atoms with E-state index >= 15 is 0 Å². The first-order valence-electron chi connectivity index (χ1n) is 12.6. The maximum absolute atomic E-state index is 12.4. The third-order valence-corrected chi connectivity index (χ3v) is 7.63. The molecule has 35 heavy (non-hydrogen) atoms. The first kappa shape index (κ1) is 23.8. The zero-order valence-corrected chi connectivity index (χ0v) is 21.7. The molecule has 3 aromatic carbocycles. The molecule has 2 aliphatic rings. The lowest BCUT2D eigenvalue weighted by Crippen LogP contribution is -2.39. The molecule has 1 aliphatic heterocycles. The summed E-state index contributed by atoms with van der Waals surface area (Å²) in [5.74, 6) is 0. The second-order valence-corrected chi connectivity index (χ2v) is 11.3. The molecular weight excluding hydrogens is 452 g/mol. The number of carbonyl (C=O) groups excluding carboxylic acids is 1. The average molecular weight is 487 g/mol. The topological polar surface area (TPSA) is 41.6 Å². The van der Waals surface area contributed by atoms with Crippen LogP contribution in [0.3, 0.4) is 0 Å². The van der Waals surface area contributed by atoms with Gasteiger partial charge in [-0.2, -0.15) is 0 Å². The van der Waals surface area contributed by atoms with Gasteiger partial charge in [-0.15, -0.1) is 0 Å². The molecule has 0 unspecified atom stereocenters. The Balaban J connectivity index is 1.33. The molecule has 0 atom stereocenters. The van der Waals surface area contributed by atoms with E-state index in [1.54, 1.807) is 16.8 Å². The van der Waals surface area contributed by atoms with Crippen LogP contribution >= 0.6 is 11.9 Å². The number of nitrogens with zero attached hydrogens (tertiary/aromatic N) is 1. The van der Waals surface area contributed by atoms with E-state index in [2.05, 4.69) is 65.4 Å². The SMILES string of the molecule is CC(C)(C)OC(=O)N1CC=C(c2ccc(SNc3ccc4c(c3)CCCC4)c3ccccc23)CC1. The molecule has 1 heterocycles. The molecule has 1 N–H and O–H groups in total. The molecule has 1 aliphatic carbocycles. The van der Waals surface area contributed by atoms with Crippen LogP contribution in [0.2, 0.25) is 0 Å². The Hall–Kier alpha value is -2.92. The Bertz CT molecular complexity index is 1280. The second-order valence-electron chi connectivity index (χ2n) is 10.5. The molecule has 0 saturated carbocycles. The van der Waals surface area contributed by atoms with Gasteiger partial charge >= 0.3 is 6.09 Å². The number of amides is 1. The Morgan fingerprint density at radius 3 is 2.46 bits per heavy atom. The minimum atomic E-state index is -0.474. The van der Waals surface area contributed by atoms with E-state index < -0.39 is 5.60 Å². The second kappa shape index (κ2) is 9.98. The summed E-state index contributed by atoms with van der Waals surface area (Å²) in [6.07, 6.45) is 7.76. The van der Waals surface area contributed by atoms with Crippen LogP contribution in [0, 0.1) is 0 Å². The summed E-state index contributed by atoms with van der Waals surface area (Å²) >= 11 is 1.68. The van der Waals surface area contributed by atoms with Gasteiger partial charge < -0.3 is 14.4 Å². The fourth-order valence-electron chi connectivity index (χ4n) is 4.96. The molecule has 5 heteroatoms. The van der Waals surface area contributed by atoms with Crippen molar-refractivity contribution in [2.24, 2.45) is 0 Å². The predicted octanol–water partition coefficient (Wildman–Crippen LogP) is 7.86. The smallest absolute Gasteiger partial charge is 0.410 e. The highest BCUT2D eigenvalue weighted by Gasteiger charge is 2.24. The van der Waals surface area contributed by atoms with Crippen molar-refractivity contribution < 1.29 is 9.53 Å². The van der Waals surface area contributed by atoms with Gasteiger partial charge in [0.25, 0.3) is 0 Å². The summed E-state index contributed by atoms with van der Waals surface area (Å²) in [5, 5.41) is 2.50. The van der Waals surface area contributed by atoms with Crippen LogP contribution in [0.4, 0.5) is 10.5 Å². The lowest BCUT2D eigenvalue weighted by Gasteiger charge is -2.30. The van der Waals surface area contributed by atoms with Crippen molar-refractivity contribution in [3.63, 3.8) is 0 Å². The molecular formula is C30H34N2O2S. The number of benzene rings is 3. The number of fused-ring (bicyclic) bond motifs is 2. The zero-order chi connectivity index (χ0) is 24.4. The molecule has 182 valence electrons. The van der Waals surface area contributed by atoms with Crippen molar-refractivity contribution in [1.82, 2.24) is 4.90 Å². The molecule has 0 spiro atoms. The van der Waals surface area contributed by atoms with E-state index in [0.717, 1.165) is 6.42 Å². The quantitative estimate of drug-likeness (QED) is 0.381. The van der Waals surface area contributed by atoms with Crippen molar-refractivity contribution in [1.29, 1.82) is 0 Å². The summed E-state index contributed by atoms with van der Waals surface area (Å²) < 4.78 is 9.13. The fraction of sp³-hybridized carbons (Fsp3) is 0.367. The first-order chi connectivity index (χ1) is 16.9. The van der Waals surface area contributed by atoms with Gasteiger partial charge in [0.05, 0.1) is 0 Å². The number of ether oxygens (including phenoxy) is 1. The van der Waals surface area contributed by atoms with Gasteiger partial charge in [0, 0.05) is 23.7 Å². The molecule has 0 aromatic heterocycles. The molecule has 0 saturated heterocycles. The van der Waals surface area contributed by atoms with E-state index in [4.69, 9.17) is 4.74 Å². The highest BCUT2D eigenvalue weighted by molar-refractivity contribution is 8.00. The molecule has 0 bridgehead atoms. The summed E-state index contributed by atoms with van der Waals surface area (Å²) in [6, 6.07) is 19.9. The van der Waals surface area contributed by atoms with Crippen molar-refractivity contribution >= 4 is 40.1 Å². The van der Waals surface area contributed by atoms with E-state index in [1.807, 2.05) is 20.8 Å². The Kier molecular flexibility index (Phi) is 6.79. The first-order valence-corrected chi connectivity index (χ1v) is 13.4. The van der Waals surface area contributed by atoms with Crippen LogP contribution in [0.1, 0.15) is 56.7 Å². The molecule has 4 nitrogen and oxygen atoms in total. The van der Waals surface area contributed by atoms with E-state index in [1.165, 1.54) is 69.3 Å². The summed E-state index contributed by atoms with van der Waals surface area (Å²) in [6.45, 7) is 6.97. The van der Waals surface area contributed by atoms with Crippen molar-refractivity contribution in [2.75, 3.05) is 17.8 Å². The Labute approximate surface area is 212 Å². The number of aryl methyl sites for hydroxylation is 2. The number of carbonyl (C=O) groups is 1. The van der Waals surface area contributed by atoms with Crippen LogP contribution in [0.25, 0.3) is 16.3 Å². The highest BCUT2D eigenvalue weighted by atomic mass is 32.2. The van der Waals surface area contributed by atoms with Gasteiger partial charge in [0.2, 0.25) is 0 Å². The zero-order valence-electron chi connectivity index (χ0n) is 20.9. The molecule has 1 amide bonds. The van der Waals surface area contributed by atoms with Gasteiger partial charge in [0.1, 0.15) is 5.60 Å². The standard InChI is InChI=1S/C30H34N2O2S/c1-30(2,3)34-29(33)32-18-16-22(17-19-32)25-14-15-28(27-11-7-6-10-26(25)27)35-31-24-13-12-21-8-4-5-9-23(21)20-24/h6-7,10-16,20,31H,4-5,8-9,17-19H2,1-3H3. The van der Waals surface area contributed by atoms with Gasteiger partial charge in [-0.05, 0) is 116 Å². The molecule has 0 fully saturated rings. The molecule has 0 radical (unpaired) electrons. The minimum absolute atomic E-state index is 0.238. The monoisotopic (exact) mass is 486 g/mol. The maximum Gasteiger partial charge on any atom is 0.410 e. The molecule has 5 rings (SSSR count). The van der Waals surface area contributed by atoms with E-state index in [9.17, 15) is 4.79 Å². The number of anilines is 1. The lowest BCUT2D eigenvalue weighted by atomic mass is 9.91. The third kappa shape index (κ3) is 5.51. The number of hydrogen-bond donors (Lipinski definition) is 1. The average Bonchev–Trinajstić information content (AvgIpc) is 2.86. The predicted molar refractivity (Wildman–Crippen MR) is 147 cm³/mol. The summed E-state index contributed by atoms with van der Waals surface area (Å²) in [5.41, 5.74) is 6.24.